The highest BCUT2D eigenvalue weighted by molar-refractivity contribution is 5.81. The third kappa shape index (κ3) is 3.50. The zero-order valence-corrected chi connectivity index (χ0v) is 13.1. The quantitative estimate of drug-likeness (QED) is 0.692. The van der Waals surface area contributed by atoms with Crippen molar-refractivity contribution in [1.82, 2.24) is 5.32 Å². The highest BCUT2D eigenvalue weighted by atomic mass is 16.5. The summed E-state index contributed by atoms with van der Waals surface area (Å²) in [5.74, 6) is 0.699. The van der Waals surface area contributed by atoms with Crippen molar-refractivity contribution in [2.45, 2.75) is 51.1 Å². The summed E-state index contributed by atoms with van der Waals surface area (Å²) in [6, 6.07) is 7.78. The fourth-order valence-corrected chi connectivity index (χ4v) is 3.22. The van der Waals surface area contributed by atoms with Crippen molar-refractivity contribution in [2.75, 3.05) is 7.11 Å². The van der Waals surface area contributed by atoms with Gasteiger partial charge in [0.15, 0.2) is 0 Å². The minimum Gasteiger partial charge on any atom is -0.497 e. The van der Waals surface area contributed by atoms with E-state index >= 15 is 0 Å². The van der Waals surface area contributed by atoms with Gasteiger partial charge in [-0.1, -0.05) is 25.7 Å². The van der Waals surface area contributed by atoms with E-state index in [4.69, 9.17) is 9.15 Å². The number of nitrogens with one attached hydrogen (secondary N) is 1. The van der Waals surface area contributed by atoms with Crippen LogP contribution < -0.4 is 15.7 Å². The van der Waals surface area contributed by atoms with Gasteiger partial charge in [-0.25, -0.2) is 4.79 Å². The maximum Gasteiger partial charge on any atom is 0.336 e. The van der Waals surface area contributed by atoms with Gasteiger partial charge in [-0.05, 0) is 30.5 Å². The van der Waals surface area contributed by atoms with E-state index in [1.54, 1.807) is 19.2 Å². The summed E-state index contributed by atoms with van der Waals surface area (Å²) >= 11 is 0. The minimum atomic E-state index is -0.307. The van der Waals surface area contributed by atoms with Crippen molar-refractivity contribution in [3.8, 4) is 5.75 Å². The fraction of sp³-hybridized carbons (Fsp3) is 0.500. The molecule has 1 aliphatic carbocycles. The smallest absolute Gasteiger partial charge is 0.336 e. The van der Waals surface area contributed by atoms with Gasteiger partial charge in [-0.15, -0.1) is 0 Å². The van der Waals surface area contributed by atoms with Crippen LogP contribution in [-0.4, -0.2) is 13.2 Å². The Morgan fingerprint density at radius 1 is 1.18 bits per heavy atom. The highest BCUT2D eigenvalue weighted by Crippen LogP contribution is 2.23. The summed E-state index contributed by atoms with van der Waals surface area (Å²) in [5, 5.41) is 4.59. The predicted molar refractivity (Wildman–Crippen MR) is 87.4 cm³/mol. The Bertz CT molecular complexity index is 684. The largest absolute Gasteiger partial charge is 0.497 e. The van der Waals surface area contributed by atoms with Crippen molar-refractivity contribution in [3.63, 3.8) is 0 Å². The van der Waals surface area contributed by atoms with Gasteiger partial charge in [-0.2, -0.15) is 0 Å². The molecule has 1 saturated carbocycles. The van der Waals surface area contributed by atoms with Crippen LogP contribution in [0.1, 0.15) is 44.1 Å². The van der Waals surface area contributed by atoms with Crippen LogP contribution in [0.5, 0.6) is 5.75 Å². The molecule has 0 aliphatic heterocycles. The molecule has 1 N–H and O–H groups in total. The Labute approximate surface area is 130 Å². The first kappa shape index (κ1) is 15.1. The molecule has 118 valence electrons. The molecule has 4 nitrogen and oxygen atoms in total. The first-order valence-corrected chi connectivity index (χ1v) is 8.10. The Balaban J connectivity index is 1.81. The number of hydrogen-bond donors (Lipinski definition) is 1. The molecule has 1 aromatic heterocycles. The van der Waals surface area contributed by atoms with Crippen LogP contribution in [-0.2, 0) is 6.54 Å². The minimum absolute atomic E-state index is 0.307. The molecule has 0 spiro atoms. The van der Waals surface area contributed by atoms with Gasteiger partial charge >= 0.3 is 5.63 Å². The van der Waals surface area contributed by atoms with Crippen molar-refractivity contribution < 1.29 is 9.15 Å². The summed E-state index contributed by atoms with van der Waals surface area (Å²) in [4.78, 5) is 11.8. The maximum absolute atomic E-state index is 11.8. The second kappa shape index (κ2) is 6.97. The molecule has 0 unspecified atom stereocenters. The maximum atomic E-state index is 11.8. The van der Waals surface area contributed by atoms with E-state index in [0.717, 1.165) is 10.9 Å². The molecular formula is C18H23NO3. The van der Waals surface area contributed by atoms with E-state index in [0.29, 0.717) is 23.9 Å². The number of rotatable bonds is 4. The van der Waals surface area contributed by atoms with Crippen LogP contribution in [0.15, 0.2) is 33.5 Å². The molecule has 2 aromatic rings. The Morgan fingerprint density at radius 2 is 1.95 bits per heavy atom. The van der Waals surface area contributed by atoms with Gasteiger partial charge in [0.25, 0.3) is 0 Å². The van der Waals surface area contributed by atoms with Gasteiger partial charge in [0.2, 0.25) is 0 Å². The molecule has 1 aromatic carbocycles. The Kier molecular flexibility index (Phi) is 4.78. The van der Waals surface area contributed by atoms with E-state index in [9.17, 15) is 4.79 Å². The molecule has 0 amide bonds. The van der Waals surface area contributed by atoms with E-state index < -0.39 is 0 Å². The van der Waals surface area contributed by atoms with Crippen molar-refractivity contribution in [3.05, 3.63) is 40.2 Å². The van der Waals surface area contributed by atoms with E-state index in [2.05, 4.69) is 5.32 Å². The Hall–Kier alpha value is -1.81. The Morgan fingerprint density at radius 3 is 2.68 bits per heavy atom. The number of benzene rings is 1. The number of hydrogen-bond acceptors (Lipinski definition) is 4. The molecule has 0 saturated heterocycles. The summed E-state index contributed by atoms with van der Waals surface area (Å²) in [5.41, 5.74) is 1.28. The first-order chi connectivity index (χ1) is 10.8. The van der Waals surface area contributed by atoms with E-state index in [1.165, 1.54) is 38.5 Å². The van der Waals surface area contributed by atoms with Crippen LogP contribution in [0.25, 0.3) is 11.0 Å². The molecule has 3 rings (SSSR count). The lowest BCUT2D eigenvalue weighted by Gasteiger charge is -2.16. The summed E-state index contributed by atoms with van der Waals surface area (Å²) in [7, 11) is 1.61. The molecular weight excluding hydrogens is 278 g/mol. The summed E-state index contributed by atoms with van der Waals surface area (Å²) in [6.07, 6.45) is 7.74. The lowest BCUT2D eigenvalue weighted by atomic mass is 10.1. The predicted octanol–water partition coefficient (Wildman–Crippen LogP) is 3.61. The standard InChI is InChI=1S/C18H23NO3/c1-21-15-8-9-16-13(10-18(20)22-17(16)11-15)12-19-14-6-4-2-3-5-7-14/h8-11,14,19H,2-7,12H2,1H3. The van der Waals surface area contributed by atoms with Crippen LogP contribution >= 0.6 is 0 Å². The van der Waals surface area contributed by atoms with Crippen molar-refractivity contribution in [1.29, 1.82) is 0 Å². The van der Waals surface area contributed by atoms with Crippen molar-refractivity contribution in [2.24, 2.45) is 0 Å². The van der Waals surface area contributed by atoms with Gasteiger partial charge in [0, 0.05) is 30.1 Å². The van der Waals surface area contributed by atoms with Crippen LogP contribution in [0.2, 0.25) is 0 Å². The average Bonchev–Trinajstić information content (AvgIpc) is 2.80. The van der Waals surface area contributed by atoms with Crippen LogP contribution in [0, 0.1) is 0 Å². The fourth-order valence-electron chi connectivity index (χ4n) is 3.22. The lowest BCUT2D eigenvalue weighted by molar-refractivity contribution is 0.414. The van der Waals surface area contributed by atoms with Crippen LogP contribution in [0.3, 0.4) is 0 Å². The monoisotopic (exact) mass is 301 g/mol. The number of fused-ring (bicyclic) bond motifs is 1. The third-order valence-corrected chi connectivity index (χ3v) is 4.47. The normalized spacial score (nSPS) is 16.6. The van der Waals surface area contributed by atoms with Gasteiger partial charge in [-0.3, -0.25) is 0 Å². The van der Waals surface area contributed by atoms with E-state index in [1.807, 2.05) is 12.1 Å². The van der Waals surface area contributed by atoms with Gasteiger partial charge in [0.05, 0.1) is 7.11 Å². The second-order valence-corrected chi connectivity index (χ2v) is 6.02. The zero-order chi connectivity index (χ0) is 15.4. The molecule has 4 heteroatoms. The number of ether oxygens (including phenoxy) is 1. The first-order valence-electron chi connectivity index (χ1n) is 8.10. The van der Waals surface area contributed by atoms with Gasteiger partial charge in [0.1, 0.15) is 11.3 Å². The zero-order valence-electron chi connectivity index (χ0n) is 13.1. The third-order valence-electron chi connectivity index (χ3n) is 4.47. The number of methoxy groups -OCH3 is 1. The summed E-state index contributed by atoms with van der Waals surface area (Å²) < 4.78 is 10.5. The molecule has 1 heterocycles. The van der Waals surface area contributed by atoms with E-state index in [-0.39, 0.29) is 5.63 Å². The molecule has 0 radical (unpaired) electrons. The summed E-state index contributed by atoms with van der Waals surface area (Å²) in [6.45, 7) is 0.707. The molecule has 1 aliphatic rings. The molecule has 0 atom stereocenters. The highest BCUT2D eigenvalue weighted by Gasteiger charge is 2.13. The average molecular weight is 301 g/mol. The molecule has 1 fully saturated rings. The second-order valence-electron chi connectivity index (χ2n) is 6.02. The molecule has 22 heavy (non-hydrogen) atoms. The van der Waals surface area contributed by atoms with Crippen LogP contribution in [0.4, 0.5) is 0 Å². The SMILES string of the molecule is COc1ccc2c(CNC3CCCCCC3)cc(=O)oc2c1. The topological polar surface area (TPSA) is 51.5 Å². The van der Waals surface area contributed by atoms with Crippen molar-refractivity contribution >= 4 is 11.0 Å². The lowest BCUT2D eigenvalue weighted by Crippen LogP contribution is -2.28. The molecule has 0 bridgehead atoms. The van der Waals surface area contributed by atoms with Gasteiger partial charge < -0.3 is 14.5 Å².